The minimum Gasteiger partial charge on any atom is -0.489 e. The molecule has 2 rings (SSSR count). The van der Waals surface area contributed by atoms with E-state index in [-0.39, 0.29) is 38.7 Å². The molecule has 28 heavy (non-hydrogen) atoms. The Kier molecular flexibility index (Phi) is 7.73. The van der Waals surface area contributed by atoms with Gasteiger partial charge in [0.1, 0.15) is 27.6 Å². The summed E-state index contributed by atoms with van der Waals surface area (Å²) in [6, 6.07) is 3.88. The van der Waals surface area contributed by atoms with Gasteiger partial charge in [-0.15, -0.1) is 0 Å². The van der Waals surface area contributed by atoms with Gasteiger partial charge in [-0.1, -0.05) is 60.3 Å². The largest absolute Gasteiger partial charge is 0.489 e. The molecular formula is C18H14Cl4F3NO2. The van der Waals surface area contributed by atoms with Crippen LogP contribution in [0, 0.1) is 0 Å². The Hall–Kier alpha value is -1.34. The molecule has 0 spiro atoms. The molecule has 152 valence electrons. The molecule has 1 aromatic carbocycles. The molecule has 10 heteroatoms. The van der Waals surface area contributed by atoms with Crippen LogP contribution in [0.2, 0.25) is 10.0 Å². The maximum absolute atomic E-state index is 12.7. The smallest absolute Gasteiger partial charge is 0.417 e. The van der Waals surface area contributed by atoms with Crippen molar-refractivity contribution in [3.8, 4) is 17.4 Å². The summed E-state index contributed by atoms with van der Waals surface area (Å²) < 4.78 is 49.4. The van der Waals surface area contributed by atoms with Crippen LogP contribution >= 0.6 is 46.4 Å². The highest BCUT2D eigenvalue weighted by Crippen LogP contribution is 2.40. The van der Waals surface area contributed by atoms with Crippen molar-refractivity contribution < 1.29 is 22.6 Å². The maximum atomic E-state index is 12.7. The Morgan fingerprint density at radius 3 is 2.32 bits per heavy atom. The van der Waals surface area contributed by atoms with E-state index < -0.39 is 11.7 Å². The van der Waals surface area contributed by atoms with Gasteiger partial charge in [-0.05, 0) is 24.1 Å². The van der Waals surface area contributed by atoms with Gasteiger partial charge in [0.2, 0.25) is 5.88 Å². The van der Waals surface area contributed by atoms with Crippen LogP contribution < -0.4 is 9.47 Å². The first-order chi connectivity index (χ1) is 13.0. The van der Waals surface area contributed by atoms with Gasteiger partial charge in [-0.25, -0.2) is 4.98 Å². The van der Waals surface area contributed by atoms with E-state index in [1.54, 1.807) is 6.07 Å². The van der Waals surface area contributed by atoms with Crippen molar-refractivity contribution in [3.05, 3.63) is 56.1 Å². The number of nitrogens with zero attached hydrogens (tertiary/aromatic N) is 1. The van der Waals surface area contributed by atoms with Crippen LogP contribution in [-0.2, 0) is 6.18 Å². The molecule has 0 aliphatic rings. The molecule has 0 aliphatic carbocycles. The predicted molar refractivity (Wildman–Crippen MR) is 105 cm³/mol. The first-order valence-electron chi connectivity index (χ1n) is 7.87. The number of hydrogen-bond donors (Lipinski definition) is 0. The molecule has 0 fully saturated rings. The minimum absolute atomic E-state index is 0.0288. The average Bonchev–Trinajstić information content (AvgIpc) is 2.57. The Bertz CT molecular complexity index is 882. The van der Waals surface area contributed by atoms with Gasteiger partial charge < -0.3 is 9.47 Å². The summed E-state index contributed by atoms with van der Waals surface area (Å²) in [5, 5.41) is -0.127. The summed E-state index contributed by atoms with van der Waals surface area (Å²) in [6.07, 6.45) is -2.45. The lowest BCUT2D eigenvalue weighted by Gasteiger charge is -2.17. The van der Waals surface area contributed by atoms with E-state index in [2.05, 4.69) is 4.98 Å². The van der Waals surface area contributed by atoms with Crippen molar-refractivity contribution in [1.82, 2.24) is 4.98 Å². The maximum Gasteiger partial charge on any atom is 0.417 e. The number of ether oxygens (including phenoxy) is 2. The van der Waals surface area contributed by atoms with E-state index in [1.165, 1.54) is 12.1 Å². The van der Waals surface area contributed by atoms with E-state index >= 15 is 0 Å². The zero-order valence-corrected chi connectivity index (χ0v) is 17.6. The third-order valence-corrected chi connectivity index (χ3v) is 4.38. The fourth-order valence-corrected chi connectivity index (χ4v) is 2.68. The van der Waals surface area contributed by atoms with E-state index in [1.807, 2.05) is 13.8 Å². The van der Waals surface area contributed by atoms with Crippen LogP contribution in [-0.4, -0.2) is 11.6 Å². The Balaban J connectivity index is 2.34. The standard InChI is InChI=1S/C18H14Cl4F3NO2/c1-9(2)11-6-15(12(19)7-14(11)27-4-3-16(21)22)28-17-13(20)5-10(8-26-17)18(23,24)25/h3,5-9H,4H2,1-2H3. The normalized spacial score (nSPS) is 11.5. The number of hydrogen-bond acceptors (Lipinski definition) is 3. The highest BCUT2D eigenvalue weighted by atomic mass is 35.5. The number of rotatable bonds is 6. The topological polar surface area (TPSA) is 31.4 Å². The van der Waals surface area contributed by atoms with Crippen LogP contribution in [0.25, 0.3) is 0 Å². The second kappa shape index (κ2) is 9.44. The number of halogens is 7. The zero-order valence-electron chi connectivity index (χ0n) is 14.6. The second-order valence-corrected chi connectivity index (χ2v) is 7.71. The van der Waals surface area contributed by atoms with Crippen molar-refractivity contribution in [2.24, 2.45) is 0 Å². The minimum atomic E-state index is -4.56. The lowest BCUT2D eigenvalue weighted by molar-refractivity contribution is -0.137. The summed E-state index contributed by atoms with van der Waals surface area (Å²) in [6.45, 7) is 3.98. The third kappa shape index (κ3) is 6.08. The van der Waals surface area contributed by atoms with Gasteiger partial charge in [0.05, 0.1) is 10.6 Å². The molecule has 0 saturated carbocycles. The molecule has 0 saturated heterocycles. The first-order valence-corrected chi connectivity index (χ1v) is 9.38. The highest BCUT2D eigenvalue weighted by Gasteiger charge is 2.32. The fourth-order valence-electron chi connectivity index (χ4n) is 2.16. The Morgan fingerprint density at radius 1 is 1.11 bits per heavy atom. The lowest BCUT2D eigenvalue weighted by atomic mass is 10.0. The molecule has 0 radical (unpaired) electrons. The molecule has 1 heterocycles. The van der Waals surface area contributed by atoms with Crippen molar-refractivity contribution in [3.63, 3.8) is 0 Å². The van der Waals surface area contributed by atoms with Crippen molar-refractivity contribution in [2.75, 3.05) is 6.61 Å². The molecule has 1 aromatic heterocycles. The number of benzene rings is 1. The fraction of sp³-hybridized carbons (Fsp3) is 0.278. The molecule has 0 aliphatic heterocycles. The lowest BCUT2D eigenvalue weighted by Crippen LogP contribution is -2.06. The molecule has 0 unspecified atom stereocenters. The second-order valence-electron chi connectivity index (χ2n) is 5.89. The van der Waals surface area contributed by atoms with E-state index in [9.17, 15) is 13.2 Å². The van der Waals surface area contributed by atoms with Crippen LogP contribution in [0.1, 0.15) is 30.9 Å². The molecule has 0 atom stereocenters. The molecular weight excluding hydrogens is 461 g/mol. The summed E-state index contributed by atoms with van der Waals surface area (Å²) in [5.74, 6) is 0.500. The van der Waals surface area contributed by atoms with Gasteiger partial charge in [-0.3, -0.25) is 0 Å². The monoisotopic (exact) mass is 473 g/mol. The van der Waals surface area contributed by atoms with Gasteiger partial charge in [0, 0.05) is 17.8 Å². The van der Waals surface area contributed by atoms with Gasteiger partial charge in [0.15, 0.2) is 0 Å². The molecule has 2 aromatic rings. The summed E-state index contributed by atoms with van der Waals surface area (Å²) >= 11 is 23.2. The number of alkyl halides is 3. The summed E-state index contributed by atoms with van der Waals surface area (Å²) in [7, 11) is 0. The van der Waals surface area contributed by atoms with Crippen molar-refractivity contribution >= 4 is 46.4 Å². The number of aromatic nitrogens is 1. The quantitative estimate of drug-likeness (QED) is 0.424. The van der Waals surface area contributed by atoms with Crippen molar-refractivity contribution in [2.45, 2.75) is 25.9 Å². The Morgan fingerprint density at radius 2 is 1.79 bits per heavy atom. The first kappa shape index (κ1) is 22.9. The number of pyridine rings is 1. The van der Waals surface area contributed by atoms with Gasteiger partial charge >= 0.3 is 6.18 Å². The molecule has 0 bridgehead atoms. The van der Waals surface area contributed by atoms with Crippen LogP contribution in [0.15, 0.2) is 35.0 Å². The average molecular weight is 475 g/mol. The predicted octanol–water partition coefficient (Wildman–Crippen LogP) is 8.02. The van der Waals surface area contributed by atoms with Crippen molar-refractivity contribution in [1.29, 1.82) is 0 Å². The van der Waals surface area contributed by atoms with Crippen LogP contribution in [0.5, 0.6) is 17.4 Å². The third-order valence-electron chi connectivity index (χ3n) is 3.50. The van der Waals surface area contributed by atoms with E-state index in [0.717, 1.165) is 11.6 Å². The molecule has 3 nitrogen and oxygen atoms in total. The van der Waals surface area contributed by atoms with Crippen LogP contribution in [0.4, 0.5) is 13.2 Å². The summed E-state index contributed by atoms with van der Waals surface area (Å²) in [5.41, 5.74) is -0.227. The SMILES string of the molecule is CC(C)c1cc(Oc2ncc(C(F)(F)F)cc2Cl)c(Cl)cc1OCC=C(Cl)Cl. The summed E-state index contributed by atoms with van der Waals surface area (Å²) in [4.78, 5) is 3.65. The van der Waals surface area contributed by atoms with Gasteiger partial charge in [0.25, 0.3) is 0 Å². The molecule has 0 N–H and O–H groups in total. The van der Waals surface area contributed by atoms with E-state index in [4.69, 9.17) is 55.9 Å². The zero-order chi connectivity index (χ0) is 21.1. The van der Waals surface area contributed by atoms with Gasteiger partial charge in [-0.2, -0.15) is 13.2 Å². The molecule has 0 amide bonds. The highest BCUT2D eigenvalue weighted by molar-refractivity contribution is 6.55. The van der Waals surface area contributed by atoms with Crippen LogP contribution in [0.3, 0.4) is 0 Å². The van der Waals surface area contributed by atoms with E-state index in [0.29, 0.717) is 11.9 Å². The Labute approximate surface area is 180 Å².